The number of nitrogens with one attached hydrogen (secondary N) is 1. The number of hydrogen-bond acceptors (Lipinski definition) is 3. The Hall–Kier alpha value is -2.30. The van der Waals surface area contributed by atoms with Gasteiger partial charge in [0.1, 0.15) is 10.7 Å². The third kappa shape index (κ3) is 2.79. The number of aryl methyl sites for hydroxylation is 2. The number of hydrogen-bond donors (Lipinski definition) is 1. The van der Waals surface area contributed by atoms with E-state index < -0.39 is 11.8 Å². The van der Waals surface area contributed by atoms with Gasteiger partial charge in [-0.05, 0) is 37.6 Å². The Morgan fingerprint density at radius 1 is 0.958 bits per heavy atom. The van der Waals surface area contributed by atoms with Gasteiger partial charge >= 0.3 is 0 Å². The molecule has 2 amide bonds. The highest BCUT2D eigenvalue weighted by Gasteiger charge is 2.39. The topological polar surface area (TPSA) is 49.4 Å². The van der Waals surface area contributed by atoms with E-state index in [0.717, 1.165) is 21.7 Å². The van der Waals surface area contributed by atoms with Gasteiger partial charge in [0.25, 0.3) is 11.8 Å². The summed E-state index contributed by atoms with van der Waals surface area (Å²) in [5, 5.41) is 3.13. The lowest BCUT2D eigenvalue weighted by molar-refractivity contribution is -0.120. The van der Waals surface area contributed by atoms with Crippen LogP contribution in [0.1, 0.15) is 11.1 Å². The van der Waals surface area contributed by atoms with E-state index in [9.17, 15) is 9.59 Å². The van der Waals surface area contributed by atoms with Gasteiger partial charge in [-0.25, -0.2) is 4.90 Å². The standard InChI is InChI=1S/C18H14Cl2N2O2/c1-10-7-8-13(11(2)9-10)21-16-15(20)17(23)22(18(16)24)14-6-4-3-5-12(14)19/h3-9,21H,1-2H3. The molecule has 3 rings (SSSR count). The highest BCUT2D eigenvalue weighted by molar-refractivity contribution is 6.53. The third-order valence-electron chi connectivity index (χ3n) is 3.76. The van der Waals surface area contributed by atoms with Crippen molar-refractivity contribution in [3.8, 4) is 0 Å². The quantitative estimate of drug-likeness (QED) is 0.825. The Morgan fingerprint density at radius 2 is 1.67 bits per heavy atom. The molecule has 0 atom stereocenters. The maximum absolute atomic E-state index is 12.7. The molecule has 122 valence electrons. The van der Waals surface area contributed by atoms with Crippen molar-refractivity contribution in [2.45, 2.75) is 13.8 Å². The molecule has 0 bridgehead atoms. The van der Waals surface area contributed by atoms with Crippen LogP contribution in [0.4, 0.5) is 11.4 Å². The Bertz CT molecular complexity index is 890. The Labute approximate surface area is 149 Å². The number of anilines is 2. The van der Waals surface area contributed by atoms with E-state index in [-0.39, 0.29) is 10.7 Å². The van der Waals surface area contributed by atoms with E-state index in [1.54, 1.807) is 24.3 Å². The van der Waals surface area contributed by atoms with Gasteiger partial charge in [-0.1, -0.05) is 53.0 Å². The highest BCUT2D eigenvalue weighted by atomic mass is 35.5. The fourth-order valence-corrected chi connectivity index (χ4v) is 2.98. The van der Waals surface area contributed by atoms with Crippen molar-refractivity contribution in [1.29, 1.82) is 0 Å². The summed E-state index contributed by atoms with van der Waals surface area (Å²) in [5.41, 5.74) is 3.13. The first-order valence-corrected chi connectivity index (χ1v) is 8.03. The van der Waals surface area contributed by atoms with Crippen LogP contribution in [0.5, 0.6) is 0 Å². The first kappa shape index (κ1) is 16.6. The largest absolute Gasteiger partial charge is 0.349 e. The second-order valence-corrected chi connectivity index (χ2v) is 6.31. The van der Waals surface area contributed by atoms with E-state index >= 15 is 0 Å². The summed E-state index contributed by atoms with van der Waals surface area (Å²) in [5.74, 6) is -1.12. The minimum absolute atomic E-state index is 0.0496. The molecule has 24 heavy (non-hydrogen) atoms. The van der Waals surface area contributed by atoms with Gasteiger partial charge in [-0.2, -0.15) is 0 Å². The maximum atomic E-state index is 12.7. The van der Waals surface area contributed by atoms with Crippen molar-refractivity contribution in [2.75, 3.05) is 10.2 Å². The SMILES string of the molecule is Cc1ccc(NC2=C(Cl)C(=O)N(c3ccccc3Cl)C2=O)c(C)c1. The van der Waals surface area contributed by atoms with Gasteiger partial charge in [0, 0.05) is 5.69 Å². The molecule has 0 aromatic heterocycles. The summed E-state index contributed by atoms with van der Waals surface area (Å²) >= 11 is 12.2. The normalized spacial score (nSPS) is 14.6. The molecule has 2 aromatic carbocycles. The Kier molecular flexibility index (Phi) is 4.35. The highest BCUT2D eigenvalue weighted by Crippen LogP contribution is 2.34. The number of amides is 2. The maximum Gasteiger partial charge on any atom is 0.283 e. The molecule has 0 fully saturated rings. The first-order valence-electron chi connectivity index (χ1n) is 7.27. The minimum Gasteiger partial charge on any atom is -0.349 e. The summed E-state index contributed by atoms with van der Waals surface area (Å²) in [4.78, 5) is 26.1. The molecule has 0 saturated carbocycles. The van der Waals surface area contributed by atoms with Crippen molar-refractivity contribution < 1.29 is 9.59 Å². The van der Waals surface area contributed by atoms with Gasteiger partial charge in [0.2, 0.25) is 0 Å². The molecule has 4 nitrogen and oxygen atoms in total. The van der Waals surface area contributed by atoms with Crippen LogP contribution in [0.3, 0.4) is 0 Å². The van der Waals surface area contributed by atoms with Crippen LogP contribution in [0.15, 0.2) is 53.2 Å². The predicted molar refractivity (Wildman–Crippen MR) is 96.4 cm³/mol. The zero-order chi connectivity index (χ0) is 17.4. The minimum atomic E-state index is -0.595. The van der Waals surface area contributed by atoms with Gasteiger partial charge in [0.15, 0.2) is 0 Å². The van der Waals surface area contributed by atoms with Crippen molar-refractivity contribution in [3.63, 3.8) is 0 Å². The van der Waals surface area contributed by atoms with Gasteiger partial charge in [-0.15, -0.1) is 0 Å². The van der Waals surface area contributed by atoms with Crippen LogP contribution >= 0.6 is 23.2 Å². The molecule has 0 saturated heterocycles. The van der Waals surface area contributed by atoms with Crippen LogP contribution in [0.2, 0.25) is 5.02 Å². The van der Waals surface area contributed by atoms with Crippen LogP contribution < -0.4 is 10.2 Å². The summed E-state index contributed by atoms with van der Waals surface area (Å²) < 4.78 is 0. The zero-order valence-corrected chi connectivity index (χ0v) is 14.6. The molecular weight excluding hydrogens is 347 g/mol. The summed E-state index contributed by atoms with van der Waals surface area (Å²) in [6.45, 7) is 3.89. The zero-order valence-electron chi connectivity index (χ0n) is 13.1. The average molecular weight is 361 g/mol. The molecule has 0 aliphatic carbocycles. The molecule has 6 heteroatoms. The summed E-state index contributed by atoms with van der Waals surface area (Å²) in [6, 6.07) is 12.4. The number of benzene rings is 2. The fourth-order valence-electron chi connectivity index (χ4n) is 2.55. The van der Waals surface area contributed by atoms with Crippen molar-refractivity contribution in [2.24, 2.45) is 0 Å². The predicted octanol–water partition coefficient (Wildman–Crippen LogP) is 4.39. The number of imide groups is 1. The second kappa shape index (κ2) is 6.30. The lowest BCUT2D eigenvalue weighted by Crippen LogP contribution is -2.32. The summed E-state index contributed by atoms with van der Waals surface area (Å²) in [7, 11) is 0. The molecule has 1 N–H and O–H groups in total. The number of nitrogens with zero attached hydrogens (tertiary/aromatic N) is 1. The van der Waals surface area contributed by atoms with Crippen LogP contribution in [-0.4, -0.2) is 11.8 Å². The van der Waals surface area contributed by atoms with E-state index in [1.807, 2.05) is 32.0 Å². The number of halogens is 2. The molecule has 0 unspecified atom stereocenters. The Balaban J connectivity index is 1.96. The number of carbonyl (C=O) groups excluding carboxylic acids is 2. The smallest absolute Gasteiger partial charge is 0.283 e. The van der Waals surface area contributed by atoms with Crippen LogP contribution in [0.25, 0.3) is 0 Å². The fraction of sp³-hybridized carbons (Fsp3) is 0.111. The Morgan fingerprint density at radius 3 is 2.33 bits per heavy atom. The van der Waals surface area contributed by atoms with Crippen molar-refractivity contribution >= 4 is 46.4 Å². The van der Waals surface area contributed by atoms with E-state index in [0.29, 0.717) is 10.7 Å². The van der Waals surface area contributed by atoms with E-state index in [1.165, 1.54) is 0 Å². The molecule has 0 radical (unpaired) electrons. The van der Waals surface area contributed by atoms with E-state index in [4.69, 9.17) is 23.2 Å². The van der Waals surface area contributed by atoms with Gasteiger partial charge in [-0.3, -0.25) is 9.59 Å². The van der Waals surface area contributed by atoms with Crippen LogP contribution in [0, 0.1) is 13.8 Å². The van der Waals surface area contributed by atoms with Crippen molar-refractivity contribution in [3.05, 3.63) is 69.3 Å². The lowest BCUT2D eigenvalue weighted by Gasteiger charge is -2.16. The van der Waals surface area contributed by atoms with Crippen LogP contribution in [-0.2, 0) is 9.59 Å². The van der Waals surface area contributed by atoms with Gasteiger partial charge < -0.3 is 5.32 Å². The summed E-state index contributed by atoms with van der Waals surface area (Å²) in [6.07, 6.45) is 0. The monoisotopic (exact) mass is 360 g/mol. The number of para-hydroxylation sites is 1. The molecule has 1 aliphatic rings. The van der Waals surface area contributed by atoms with E-state index in [2.05, 4.69) is 5.32 Å². The van der Waals surface area contributed by atoms with Gasteiger partial charge in [0.05, 0.1) is 10.7 Å². The molecule has 1 aliphatic heterocycles. The third-order valence-corrected chi connectivity index (χ3v) is 4.43. The first-order chi connectivity index (χ1) is 11.4. The second-order valence-electron chi connectivity index (χ2n) is 5.53. The molecule has 2 aromatic rings. The molecule has 0 spiro atoms. The number of carbonyl (C=O) groups is 2. The number of rotatable bonds is 3. The average Bonchev–Trinajstić information content (AvgIpc) is 2.74. The van der Waals surface area contributed by atoms with Crippen molar-refractivity contribution in [1.82, 2.24) is 0 Å². The lowest BCUT2D eigenvalue weighted by atomic mass is 10.1. The molecule has 1 heterocycles. The molecular formula is C18H14Cl2N2O2.